The van der Waals surface area contributed by atoms with Crippen molar-refractivity contribution in [2.75, 3.05) is 18.5 Å². The Kier molecular flexibility index (Phi) is 5.00. The minimum atomic E-state index is 0.117. The second-order valence-electron chi connectivity index (χ2n) is 3.99. The molecule has 0 saturated heterocycles. The first-order valence-electron chi connectivity index (χ1n) is 5.58. The van der Waals surface area contributed by atoms with Crippen LogP contribution in [0.4, 0.5) is 5.69 Å². The van der Waals surface area contributed by atoms with Gasteiger partial charge < -0.3 is 4.90 Å². The molecule has 0 heterocycles. The fraction of sp³-hybridized carbons (Fsp3) is 0.462. The van der Waals surface area contributed by atoms with Crippen molar-refractivity contribution in [1.82, 2.24) is 0 Å². The highest BCUT2D eigenvalue weighted by molar-refractivity contribution is 9.10. The number of carbonyl (C=O) groups is 1. The number of unbranched alkanes of at least 4 members (excludes halogenated alkanes) is 1. The molecule has 0 aliphatic carbocycles. The summed E-state index contributed by atoms with van der Waals surface area (Å²) in [6, 6.07) is 5.80. The summed E-state index contributed by atoms with van der Waals surface area (Å²) in [6.45, 7) is 4.76. The van der Waals surface area contributed by atoms with Crippen LogP contribution in [-0.2, 0) is 0 Å². The van der Waals surface area contributed by atoms with Gasteiger partial charge in [0.15, 0.2) is 5.78 Å². The van der Waals surface area contributed by atoms with E-state index in [1.165, 1.54) is 0 Å². The third-order valence-corrected chi connectivity index (χ3v) is 3.09. The number of rotatable bonds is 5. The number of nitrogens with zero attached hydrogens (tertiary/aromatic N) is 1. The van der Waals surface area contributed by atoms with E-state index >= 15 is 0 Å². The maximum atomic E-state index is 11.5. The van der Waals surface area contributed by atoms with Crippen LogP contribution in [0, 0.1) is 0 Å². The summed E-state index contributed by atoms with van der Waals surface area (Å²) in [4.78, 5) is 13.7. The Morgan fingerprint density at radius 3 is 2.69 bits per heavy atom. The molecule has 16 heavy (non-hydrogen) atoms. The Morgan fingerprint density at radius 2 is 2.12 bits per heavy atom. The standard InChI is InChI=1S/C13H18BrNO/c1-4-5-8-15(3)13-9-11(14)6-7-12(13)10(2)16/h6-7,9H,4-5,8H2,1-3H3. The van der Waals surface area contributed by atoms with Crippen LogP contribution in [0.3, 0.4) is 0 Å². The summed E-state index contributed by atoms with van der Waals surface area (Å²) in [5.74, 6) is 0.117. The van der Waals surface area contributed by atoms with E-state index < -0.39 is 0 Å². The number of Topliss-reactive ketones (excluding diaryl/α,β-unsaturated/α-hetero) is 1. The molecule has 0 amide bonds. The molecule has 2 nitrogen and oxygen atoms in total. The summed E-state index contributed by atoms with van der Waals surface area (Å²) in [5, 5.41) is 0. The number of benzene rings is 1. The summed E-state index contributed by atoms with van der Waals surface area (Å²) in [7, 11) is 2.03. The van der Waals surface area contributed by atoms with E-state index in [1.807, 2.05) is 25.2 Å². The van der Waals surface area contributed by atoms with Crippen molar-refractivity contribution in [2.45, 2.75) is 26.7 Å². The maximum Gasteiger partial charge on any atom is 0.161 e. The third kappa shape index (κ3) is 3.34. The van der Waals surface area contributed by atoms with Gasteiger partial charge in [0.05, 0.1) is 0 Å². The maximum absolute atomic E-state index is 11.5. The van der Waals surface area contributed by atoms with E-state index in [9.17, 15) is 4.79 Å². The fourth-order valence-electron chi connectivity index (χ4n) is 1.63. The largest absolute Gasteiger partial charge is 0.374 e. The van der Waals surface area contributed by atoms with Crippen LogP contribution in [0.2, 0.25) is 0 Å². The highest BCUT2D eigenvalue weighted by Gasteiger charge is 2.11. The zero-order valence-electron chi connectivity index (χ0n) is 10.1. The number of ketones is 1. The molecule has 88 valence electrons. The summed E-state index contributed by atoms with van der Waals surface area (Å²) in [5.41, 5.74) is 1.80. The van der Waals surface area contributed by atoms with E-state index in [2.05, 4.69) is 27.8 Å². The molecule has 0 N–H and O–H groups in total. The van der Waals surface area contributed by atoms with Crippen LogP contribution >= 0.6 is 15.9 Å². The zero-order valence-corrected chi connectivity index (χ0v) is 11.7. The molecule has 0 unspecified atom stereocenters. The summed E-state index contributed by atoms with van der Waals surface area (Å²) < 4.78 is 1.01. The number of halogens is 1. The Hall–Kier alpha value is -0.830. The van der Waals surface area contributed by atoms with Crippen LogP contribution in [0.15, 0.2) is 22.7 Å². The predicted octanol–water partition coefficient (Wildman–Crippen LogP) is 3.89. The molecule has 0 aliphatic heterocycles. The SMILES string of the molecule is CCCCN(C)c1cc(Br)ccc1C(C)=O. The van der Waals surface area contributed by atoms with Crippen molar-refractivity contribution in [3.8, 4) is 0 Å². The Labute approximate surface area is 106 Å². The Bertz CT molecular complexity index is 376. The molecule has 0 spiro atoms. The van der Waals surface area contributed by atoms with Crippen LogP contribution in [-0.4, -0.2) is 19.4 Å². The molecule has 0 aromatic heterocycles. The second kappa shape index (κ2) is 6.04. The van der Waals surface area contributed by atoms with Gasteiger partial charge in [-0.25, -0.2) is 0 Å². The van der Waals surface area contributed by atoms with Crippen LogP contribution < -0.4 is 4.90 Å². The summed E-state index contributed by atoms with van der Waals surface area (Å²) >= 11 is 3.44. The van der Waals surface area contributed by atoms with E-state index in [1.54, 1.807) is 6.92 Å². The second-order valence-corrected chi connectivity index (χ2v) is 4.91. The lowest BCUT2D eigenvalue weighted by Gasteiger charge is -2.21. The summed E-state index contributed by atoms with van der Waals surface area (Å²) in [6.07, 6.45) is 2.30. The number of hydrogen-bond acceptors (Lipinski definition) is 2. The minimum absolute atomic E-state index is 0.117. The van der Waals surface area contributed by atoms with Crippen molar-refractivity contribution in [3.63, 3.8) is 0 Å². The number of hydrogen-bond donors (Lipinski definition) is 0. The van der Waals surface area contributed by atoms with Crippen molar-refractivity contribution in [3.05, 3.63) is 28.2 Å². The average Bonchev–Trinajstić information content (AvgIpc) is 2.25. The molecule has 0 fully saturated rings. The Morgan fingerprint density at radius 1 is 1.44 bits per heavy atom. The van der Waals surface area contributed by atoms with Gasteiger partial charge in [0.1, 0.15) is 0 Å². The van der Waals surface area contributed by atoms with Crippen LogP contribution in [0.25, 0.3) is 0 Å². The normalized spacial score (nSPS) is 10.2. The van der Waals surface area contributed by atoms with Crippen molar-refractivity contribution in [2.24, 2.45) is 0 Å². The molecular formula is C13H18BrNO. The Balaban J connectivity index is 2.99. The van der Waals surface area contributed by atoms with E-state index in [0.717, 1.165) is 35.1 Å². The lowest BCUT2D eigenvalue weighted by atomic mass is 10.1. The molecule has 3 heteroatoms. The lowest BCUT2D eigenvalue weighted by Crippen LogP contribution is -2.20. The van der Waals surface area contributed by atoms with Gasteiger partial charge in [-0.3, -0.25) is 4.79 Å². The molecule has 0 atom stereocenters. The van der Waals surface area contributed by atoms with E-state index in [0.29, 0.717) is 0 Å². The van der Waals surface area contributed by atoms with Gasteiger partial charge in [-0.05, 0) is 31.5 Å². The van der Waals surface area contributed by atoms with Gasteiger partial charge in [0.2, 0.25) is 0 Å². The highest BCUT2D eigenvalue weighted by atomic mass is 79.9. The molecule has 0 aliphatic rings. The molecule has 0 radical (unpaired) electrons. The molecule has 1 rings (SSSR count). The van der Waals surface area contributed by atoms with Gasteiger partial charge in [-0.1, -0.05) is 29.3 Å². The van der Waals surface area contributed by atoms with Gasteiger partial charge in [-0.2, -0.15) is 0 Å². The smallest absolute Gasteiger partial charge is 0.161 e. The molecule has 1 aromatic rings. The first-order valence-corrected chi connectivity index (χ1v) is 6.37. The van der Waals surface area contributed by atoms with Gasteiger partial charge in [-0.15, -0.1) is 0 Å². The van der Waals surface area contributed by atoms with Crippen LogP contribution in [0.5, 0.6) is 0 Å². The zero-order chi connectivity index (χ0) is 12.1. The first-order chi connectivity index (χ1) is 7.56. The molecule has 0 saturated carbocycles. The molecule has 1 aromatic carbocycles. The fourth-order valence-corrected chi connectivity index (χ4v) is 1.98. The van der Waals surface area contributed by atoms with Crippen molar-refractivity contribution < 1.29 is 4.79 Å². The van der Waals surface area contributed by atoms with Gasteiger partial charge in [0.25, 0.3) is 0 Å². The predicted molar refractivity (Wildman–Crippen MR) is 72.3 cm³/mol. The first kappa shape index (κ1) is 13.2. The number of anilines is 1. The van der Waals surface area contributed by atoms with Gasteiger partial charge >= 0.3 is 0 Å². The van der Waals surface area contributed by atoms with E-state index in [-0.39, 0.29) is 5.78 Å². The molecular weight excluding hydrogens is 266 g/mol. The van der Waals surface area contributed by atoms with Crippen molar-refractivity contribution >= 4 is 27.4 Å². The van der Waals surface area contributed by atoms with E-state index in [4.69, 9.17) is 0 Å². The third-order valence-electron chi connectivity index (χ3n) is 2.60. The monoisotopic (exact) mass is 283 g/mol. The minimum Gasteiger partial charge on any atom is -0.374 e. The van der Waals surface area contributed by atoms with Crippen LogP contribution in [0.1, 0.15) is 37.0 Å². The average molecular weight is 284 g/mol. The topological polar surface area (TPSA) is 20.3 Å². The van der Waals surface area contributed by atoms with Crippen molar-refractivity contribution in [1.29, 1.82) is 0 Å². The number of carbonyl (C=O) groups excluding carboxylic acids is 1. The molecule has 0 bridgehead atoms. The lowest BCUT2D eigenvalue weighted by molar-refractivity contribution is 0.101. The quantitative estimate of drug-likeness (QED) is 0.765. The highest BCUT2D eigenvalue weighted by Crippen LogP contribution is 2.25. The van der Waals surface area contributed by atoms with Gasteiger partial charge in [0, 0.05) is 29.3 Å².